The van der Waals surface area contributed by atoms with Crippen molar-refractivity contribution >= 4 is 33.7 Å². The fraction of sp³-hybridized carbons (Fsp3) is 0.312. The van der Waals surface area contributed by atoms with Crippen molar-refractivity contribution in [2.45, 2.75) is 31.6 Å². The molecule has 3 rings (SSSR count). The third kappa shape index (κ3) is 2.60. The summed E-state index contributed by atoms with van der Waals surface area (Å²) in [6.07, 6.45) is 4.98. The highest BCUT2D eigenvalue weighted by molar-refractivity contribution is 7.16. The molecule has 1 aromatic heterocycles. The molecule has 1 aromatic carbocycles. The van der Waals surface area contributed by atoms with E-state index in [9.17, 15) is 4.79 Å². The highest BCUT2D eigenvalue weighted by Crippen LogP contribution is 2.40. The molecule has 0 atom stereocenters. The van der Waals surface area contributed by atoms with Crippen molar-refractivity contribution in [3.05, 3.63) is 51.4 Å². The topological polar surface area (TPSA) is 43.1 Å². The molecule has 1 aliphatic rings. The quantitative estimate of drug-likeness (QED) is 0.822. The molecule has 0 amide bonds. The van der Waals surface area contributed by atoms with Gasteiger partial charge in [-0.2, -0.15) is 0 Å². The Hall–Kier alpha value is -1.32. The zero-order valence-electron chi connectivity index (χ0n) is 11.1. The van der Waals surface area contributed by atoms with E-state index in [1.165, 1.54) is 30.6 Å². The maximum atomic E-state index is 12.5. The van der Waals surface area contributed by atoms with E-state index in [4.69, 9.17) is 17.3 Å². The Morgan fingerprint density at radius 3 is 2.70 bits per heavy atom. The number of carbonyl (C=O) groups excluding carboxylic acids is 1. The Morgan fingerprint density at radius 1 is 1.25 bits per heavy atom. The molecule has 4 heteroatoms. The number of anilines is 1. The van der Waals surface area contributed by atoms with Gasteiger partial charge >= 0.3 is 0 Å². The van der Waals surface area contributed by atoms with Gasteiger partial charge < -0.3 is 5.73 Å². The molecule has 2 nitrogen and oxygen atoms in total. The van der Waals surface area contributed by atoms with Crippen LogP contribution < -0.4 is 5.73 Å². The molecule has 20 heavy (non-hydrogen) atoms. The lowest BCUT2D eigenvalue weighted by molar-refractivity contribution is 0.104. The van der Waals surface area contributed by atoms with Crippen LogP contribution in [0.25, 0.3) is 0 Å². The number of rotatable bonds is 3. The number of thiophene rings is 1. The highest BCUT2D eigenvalue weighted by Gasteiger charge is 2.23. The van der Waals surface area contributed by atoms with Crippen molar-refractivity contribution in [3.63, 3.8) is 0 Å². The van der Waals surface area contributed by atoms with Crippen LogP contribution in [0, 0.1) is 0 Å². The summed E-state index contributed by atoms with van der Waals surface area (Å²) in [5, 5.41) is 1.19. The maximum absolute atomic E-state index is 12.5. The second kappa shape index (κ2) is 5.58. The van der Waals surface area contributed by atoms with Crippen LogP contribution in [0.5, 0.6) is 0 Å². The molecular formula is C16H16ClNOS. The number of benzene rings is 1. The summed E-state index contributed by atoms with van der Waals surface area (Å²) in [5.41, 5.74) is 7.27. The molecule has 1 saturated carbocycles. The molecule has 0 radical (unpaired) electrons. The molecule has 2 N–H and O–H groups in total. The smallest absolute Gasteiger partial charge is 0.196 e. The molecule has 0 unspecified atom stereocenters. The van der Waals surface area contributed by atoms with Crippen molar-refractivity contribution in [3.8, 4) is 0 Å². The molecule has 0 spiro atoms. The first-order valence-electron chi connectivity index (χ1n) is 6.84. The van der Waals surface area contributed by atoms with Crippen LogP contribution in [-0.2, 0) is 0 Å². The van der Waals surface area contributed by atoms with Crippen molar-refractivity contribution in [1.29, 1.82) is 0 Å². The molecule has 0 aliphatic heterocycles. The number of hydrogen-bond donors (Lipinski definition) is 1. The van der Waals surface area contributed by atoms with Gasteiger partial charge in [-0.3, -0.25) is 4.79 Å². The summed E-state index contributed by atoms with van der Waals surface area (Å²) in [4.78, 5) is 13.8. The molecule has 0 saturated heterocycles. The summed E-state index contributed by atoms with van der Waals surface area (Å²) in [5.74, 6) is 0.550. The first-order chi connectivity index (χ1) is 9.65. The van der Waals surface area contributed by atoms with Crippen LogP contribution in [0.2, 0.25) is 5.02 Å². The second-order valence-electron chi connectivity index (χ2n) is 5.25. The largest absolute Gasteiger partial charge is 0.390 e. The lowest BCUT2D eigenvalue weighted by Crippen LogP contribution is -2.02. The third-order valence-electron chi connectivity index (χ3n) is 3.87. The maximum Gasteiger partial charge on any atom is 0.196 e. The van der Waals surface area contributed by atoms with Crippen molar-refractivity contribution in [2.24, 2.45) is 0 Å². The highest BCUT2D eigenvalue weighted by atomic mass is 35.5. The fourth-order valence-electron chi connectivity index (χ4n) is 2.80. The predicted octanol–water partition coefficient (Wildman–Crippen LogP) is 4.87. The van der Waals surface area contributed by atoms with Crippen molar-refractivity contribution < 1.29 is 4.79 Å². The summed E-state index contributed by atoms with van der Waals surface area (Å²) < 4.78 is 0. The van der Waals surface area contributed by atoms with Crippen LogP contribution in [0.3, 0.4) is 0 Å². The minimum absolute atomic E-state index is 0.0366. The van der Waals surface area contributed by atoms with Crippen LogP contribution in [0.1, 0.15) is 52.4 Å². The zero-order chi connectivity index (χ0) is 14.1. The normalized spacial score (nSPS) is 15.7. The number of hydrogen-bond acceptors (Lipinski definition) is 3. The average Bonchev–Trinajstić information content (AvgIpc) is 3.07. The van der Waals surface area contributed by atoms with E-state index in [1.54, 1.807) is 35.6 Å². The SMILES string of the molecule is Nc1sc(C2CCCC2)cc1C(=O)c1cccc(Cl)c1. The molecular weight excluding hydrogens is 290 g/mol. The Bertz CT molecular complexity index is 644. The second-order valence-corrected chi connectivity index (χ2v) is 6.80. The van der Waals surface area contributed by atoms with Crippen LogP contribution in [0.15, 0.2) is 30.3 Å². The van der Waals surface area contributed by atoms with Gasteiger partial charge in [0.15, 0.2) is 5.78 Å². The Labute approximate surface area is 127 Å². The zero-order valence-corrected chi connectivity index (χ0v) is 12.6. The van der Waals surface area contributed by atoms with Crippen LogP contribution >= 0.6 is 22.9 Å². The van der Waals surface area contributed by atoms with E-state index in [-0.39, 0.29) is 5.78 Å². The van der Waals surface area contributed by atoms with Gasteiger partial charge in [-0.25, -0.2) is 0 Å². The van der Waals surface area contributed by atoms with E-state index in [2.05, 4.69) is 0 Å². The lowest BCUT2D eigenvalue weighted by atomic mass is 10.0. The summed E-state index contributed by atoms with van der Waals surface area (Å²) >= 11 is 7.51. The minimum atomic E-state index is -0.0366. The number of nitrogens with two attached hydrogens (primary N) is 1. The van der Waals surface area contributed by atoms with E-state index in [1.807, 2.05) is 6.07 Å². The van der Waals surface area contributed by atoms with Gasteiger partial charge in [0.2, 0.25) is 0 Å². The first kappa shape index (κ1) is 13.7. The monoisotopic (exact) mass is 305 g/mol. The van der Waals surface area contributed by atoms with Crippen LogP contribution in [0.4, 0.5) is 5.00 Å². The van der Waals surface area contributed by atoms with E-state index in [0.29, 0.717) is 27.1 Å². The van der Waals surface area contributed by atoms with E-state index < -0.39 is 0 Å². The number of ketones is 1. The predicted molar refractivity (Wildman–Crippen MR) is 84.8 cm³/mol. The summed E-state index contributed by atoms with van der Waals surface area (Å²) in [7, 11) is 0. The van der Waals surface area contributed by atoms with Gasteiger partial charge in [0, 0.05) is 15.5 Å². The van der Waals surface area contributed by atoms with Gasteiger partial charge in [-0.15, -0.1) is 11.3 Å². The number of carbonyl (C=O) groups is 1. The molecule has 1 heterocycles. The first-order valence-corrected chi connectivity index (χ1v) is 8.04. The summed E-state index contributed by atoms with van der Waals surface area (Å²) in [6.45, 7) is 0. The van der Waals surface area contributed by atoms with Gasteiger partial charge in [-0.05, 0) is 37.0 Å². The standard InChI is InChI=1S/C16H16ClNOS/c17-12-7-3-6-11(8-12)15(19)13-9-14(20-16(13)18)10-4-1-2-5-10/h3,6-10H,1-2,4-5,18H2. The van der Waals surface area contributed by atoms with Crippen molar-refractivity contribution in [2.75, 3.05) is 5.73 Å². The Balaban J connectivity index is 1.91. The third-order valence-corrected chi connectivity index (χ3v) is 5.23. The average molecular weight is 306 g/mol. The Morgan fingerprint density at radius 2 is 2.00 bits per heavy atom. The van der Waals surface area contributed by atoms with Gasteiger partial charge in [-0.1, -0.05) is 36.6 Å². The van der Waals surface area contributed by atoms with Gasteiger partial charge in [0.25, 0.3) is 0 Å². The summed E-state index contributed by atoms with van der Waals surface area (Å²) in [6, 6.07) is 9.01. The number of nitrogen functional groups attached to an aromatic ring is 1. The molecule has 1 fully saturated rings. The van der Waals surface area contributed by atoms with Gasteiger partial charge in [0.1, 0.15) is 0 Å². The van der Waals surface area contributed by atoms with Crippen molar-refractivity contribution in [1.82, 2.24) is 0 Å². The van der Waals surface area contributed by atoms with E-state index >= 15 is 0 Å². The molecule has 104 valence electrons. The fourth-order valence-corrected chi connectivity index (χ4v) is 4.08. The van der Waals surface area contributed by atoms with Gasteiger partial charge in [0.05, 0.1) is 10.6 Å². The molecule has 2 aromatic rings. The molecule has 0 bridgehead atoms. The lowest BCUT2D eigenvalue weighted by Gasteiger charge is -2.03. The molecule has 1 aliphatic carbocycles. The number of halogens is 1. The van der Waals surface area contributed by atoms with E-state index in [0.717, 1.165) is 0 Å². The minimum Gasteiger partial charge on any atom is -0.390 e. The Kier molecular flexibility index (Phi) is 3.81. The van der Waals surface area contributed by atoms with Crippen LogP contribution in [-0.4, -0.2) is 5.78 Å².